The van der Waals surface area contributed by atoms with Crippen molar-refractivity contribution in [1.29, 1.82) is 0 Å². The molecule has 7 heteroatoms. The van der Waals surface area contributed by atoms with Crippen LogP contribution in [0.1, 0.15) is 15.9 Å². The van der Waals surface area contributed by atoms with Gasteiger partial charge >= 0.3 is 0 Å². The Balaban J connectivity index is 1.59. The minimum absolute atomic E-state index is 0.204. The summed E-state index contributed by atoms with van der Waals surface area (Å²) < 4.78 is 1.83. The van der Waals surface area contributed by atoms with Gasteiger partial charge in [0.25, 0.3) is 5.91 Å². The number of benzene rings is 2. The average Bonchev–Trinajstić information content (AvgIpc) is 3.25. The summed E-state index contributed by atoms with van der Waals surface area (Å²) in [6.45, 7) is 0.641. The summed E-state index contributed by atoms with van der Waals surface area (Å²) >= 11 is 1.38. The summed E-state index contributed by atoms with van der Waals surface area (Å²) in [4.78, 5) is 16.3. The Bertz CT molecular complexity index is 979. The Morgan fingerprint density at radius 2 is 2.04 bits per heavy atom. The first-order valence-corrected chi connectivity index (χ1v) is 8.25. The fraction of sp³-hybridized carbons (Fsp3) is 0.0588. The van der Waals surface area contributed by atoms with Gasteiger partial charge in [0.1, 0.15) is 5.52 Å². The summed E-state index contributed by atoms with van der Waals surface area (Å²) in [5.41, 5.74) is 3.27. The van der Waals surface area contributed by atoms with E-state index >= 15 is 0 Å². The standard InChI is InChI=1S/C17H13N5OS/c23-16(19-17-18-8-9-24-17)13-6-7-15-14(10-13)20-21-22(15)11-12-4-2-1-3-5-12/h1-10H,11H2,(H,18,19,23). The molecular weight excluding hydrogens is 322 g/mol. The highest BCUT2D eigenvalue weighted by Crippen LogP contribution is 2.17. The fourth-order valence-electron chi connectivity index (χ4n) is 2.44. The number of fused-ring (bicyclic) bond motifs is 1. The van der Waals surface area contributed by atoms with Crippen LogP contribution in [0, 0.1) is 0 Å². The predicted molar refractivity (Wildman–Crippen MR) is 93.1 cm³/mol. The third kappa shape index (κ3) is 2.89. The van der Waals surface area contributed by atoms with E-state index in [1.54, 1.807) is 18.3 Å². The Hall–Kier alpha value is -3.06. The summed E-state index contributed by atoms with van der Waals surface area (Å²) in [6.07, 6.45) is 1.65. The third-order valence-corrected chi connectivity index (χ3v) is 4.29. The number of thiazole rings is 1. The molecule has 0 aliphatic heterocycles. The van der Waals surface area contributed by atoms with Gasteiger partial charge in [-0.1, -0.05) is 35.5 Å². The first kappa shape index (κ1) is 14.5. The van der Waals surface area contributed by atoms with Gasteiger partial charge in [-0.15, -0.1) is 16.4 Å². The van der Waals surface area contributed by atoms with Crippen LogP contribution in [0.3, 0.4) is 0 Å². The lowest BCUT2D eigenvalue weighted by atomic mass is 10.2. The van der Waals surface area contributed by atoms with Crippen molar-refractivity contribution in [3.63, 3.8) is 0 Å². The SMILES string of the molecule is O=C(Nc1nccs1)c1ccc2c(c1)nnn2Cc1ccccc1. The quantitative estimate of drug-likeness (QED) is 0.622. The summed E-state index contributed by atoms with van der Waals surface area (Å²) in [7, 11) is 0. The summed E-state index contributed by atoms with van der Waals surface area (Å²) in [5, 5.41) is 13.5. The predicted octanol–water partition coefficient (Wildman–Crippen LogP) is 3.19. The first-order valence-electron chi connectivity index (χ1n) is 7.37. The van der Waals surface area contributed by atoms with Crippen LogP contribution in [-0.4, -0.2) is 25.9 Å². The van der Waals surface area contributed by atoms with Gasteiger partial charge in [0.15, 0.2) is 5.13 Å². The number of aromatic nitrogens is 4. The van der Waals surface area contributed by atoms with E-state index in [0.717, 1.165) is 11.1 Å². The maximum Gasteiger partial charge on any atom is 0.257 e. The van der Waals surface area contributed by atoms with Gasteiger partial charge < -0.3 is 0 Å². The highest BCUT2D eigenvalue weighted by atomic mass is 32.1. The lowest BCUT2D eigenvalue weighted by Crippen LogP contribution is -2.11. The molecule has 6 nitrogen and oxygen atoms in total. The van der Waals surface area contributed by atoms with Crippen LogP contribution in [0.25, 0.3) is 11.0 Å². The number of carbonyl (C=O) groups excluding carboxylic acids is 1. The summed E-state index contributed by atoms with van der Waals surface area (Å²) in [6, 6.07) is 15.5. The highest BCUT2D eigenvalue weighted by molar-refractivity contribution is 7.13. The molecular formula is C17H13N5OS. The van der Waals surface area contributed by atoms with E-state index in [2.05, 4.69) is 20.6 Å². The Labute approximate surface area is 141 Å². The van der Waals surface area contributed by atoms with Crippen LogP contribution in [0.2, 0.25) is 0 Å². The number of rotatable bonds is 4. The van der Waals surface area contributed by atoms with Crippen molar-refractivity contribution < 1.29 is 4.79 Å². The largest absolute Gasteiger partial charge is 0.298 e. The number of nitrogens with zero attached hydrogens (tertiary/aromatic N) is 4. The van der Waals surface area contributed by atoms with E-state index in [9.17, 15) is 4.79 Å². The molecule has 1 amide bonds. The fourth-order valence-corrected chi connectivity index (χ4v) is 2.96. The van der Waals surface area contributed by atoms with Gasteiger partial charge in [0.2, 0.25) is 0 Å². The molecule has 24 heavy (non-hydrogen) atoms. The van der Waals surface area contributed by atoms with Crippen LogP contribution in [0.5, 0.6) is 0 Å². The molecule has 1 N–H and O–H groups in total. The van der Waals surface area contributed by atoms with Crippen molar-refractivity contribution in [2.24, 2.45) is 0 Å². The van der Waals surface area contributed by atoms with Crippen molar-refractivity contribution in [3.05, 3.63) is 71.2 Å². The van der Waals surface area contributed by atoms with Crippen molar-refractivity contribution in [2.45, 2.75) is 6.54 Å². The third-order valence-electron chi connectivity index (χ3n) is 3.60. The monoisotopic (exact) mass is 335 g/mol. The van der Waals surface area contributed by atoms with Gasteiger partial charge in [-0.2, -0.15) is 0 Å². The van der Waals surface area contributed by atoms with Gasteiger partial charge in [-0.05, 0) is 23.8 Å². The maximum atomic E-state index is 12.3. The molecule has 0 fully saturated rings. The summed E-state index contributed by atoms with van der Waals surface area (Å²) in [5.74, 6) is -0.204. The lowest BCUT2D eigenvalue weighted by molar-refractivity contribution is 0.102. The highest BCUT2D eigenvalue weighted by Gasteiger charge is 2.11. The molecule has 0 aliphatic carbocycles. The molecule has 0 atom stereocenters. The van der Waals surface area contributed by atoms with Gasteiger partial charge in [-0.3, -0.25) is 10.1 Å². The van der Waals surface area contributed by atoms with E-state index in [1.165, 1.54) is 11.3 Å². The van der Waals surface area contributed by atoms with Crippen LogP contribution in [-0.2, 0) is 6.54 Å². The minimum Gasteiger partial charge on any atom is -0.298 e. The number of hydrogen-bond donors (Lipinski definition) is 1. The minimum atomic E-state index is -0.204. The normalized spacial score (nSPS) is 10.8. The van der Waals surface area contributed by atoms with Gasteiger partial charge in [0.05, 0.1) is 12.1 Å². The van der Waals surface area contributed by atoms with Crippen molar-refractivity contribution in [3.8, 4) is 0 Å². The molecule has 4 aromatic rings. The Morgan fingerprint density at radius 3 is 2.83 bits per heavy atom. The van der Waals surface area contributed by atoms with E-state index in [0.29, 0.717) is 22.8 Å². The smallest absolute Gasteiger partial charge is 0.257 e. The number of carbonyl (C=O) groups is 1. The molecule has 4 rings (SSSR count). The second-order valence-corrected chi connectivity index (χ2v) is 6.12. The molecule has 2 aromatic carbocycles. The van der Waals surface area contributed by atoms with Crippen LogP contribution >= 0.6 is 11.3 Å². The van der Waals surface area contributed by atoms with E-state index in [1.807, 2.05) is 46.5 Å². The van der Waals surface area contributed by atoms with E-state index in [4.69, 9.17) is 0 Å². The van der Waals surface area contributed by atoms with Crippen molar-refractivity contribution in [2.75, 3.05) is 5.32 Å². The van der Waals surface area contributed by atoms with Crippen molar-refractivity contribution >= 4 is 33.4 Å². The molecule has 0 radical (unpaired) electrons. The van der Waals surface area contributed by atoms with Crippen LogP contribution in [0.4, 0.5) is 5.13 Å². The Morgan fingerprint density at radius 1 is 1.17 bits per heavy atom. The second-order valence-electron chi connectivity index (χ2n) is 5.23. The van der Waals surface area contributed by atoms with Gasteiger partial charge in [-0.25, -0.2) is 9.67 Å². The van der Waals surface area contributed by atoms with E-state index in [-0.39, 0.29) is 5.91 Å². The van der Waals surface area contributed by atoms with Gasteiger partial charge in [0, 0.05) is 17.1 Å². The van der Waals surface area contributed by atoms with Crippen LogP contribution < -0.4 is 5.32 Å². The second kappa shape index (κ2) is 6.21. The first-order chi connectivity index (χ1) is 11.8. The zero-order valence-corrected chi connectivity index (χ0v) is 13.4. The number of nitrogens with one attached hydrogen (secondary N) is 1. The molecule has 0 aliphatic rings. The Kier molecular flexibility index (Phi) is 3.76. The number of amides is 1. The zero-order valence-electron chi connectivity index (χ0n) is 12.6. The molecule has 2 heterocycles. The molecule has 0 unspecified atom stereocenters. The van der Waals surface area contributed by atoms with E-state index < -0.39 is 0 Å². The average molecular weight is 335 g/mol. The molecule has 0 saturated carbocycles. The molecule has 118 valence electrons. The molecule has 0 bridgehead atoms. The molecule has 0 spiro atoms. The van der Waals surface area contributed by atoms with Crippen LogP contribution in [0.15, 0.2) is 60.1 Å². The number of anilines is 1. The molecule has 2 aromatic heterocycles. The lowest BCUT2D eigenvalue weighted by Gasteiger charge is -2.04. The maximum absolute atomic E-state index is 12.3. The topological polar surface area (TPSA) is 72.7 Å². The number of hydrogen-bond acceptors (Lipinski definition) is 5. The van der Waals surface area contributed by atoms with Crippen molar-refractivity contribution in [1.82, 2.24) is 20.0 Å². The zero-order chi connectivity index (χ0) is 16.4. The molecule has 0 saturated heterocycles.